The van der Waals surface area contributed by atoms with E-state index in [0.29, 0.717) is 23.2 Å². The zero-order valence-corrected chi connectivity index (χ0v) is 13.9. The van der Waals surface area contributed by atoms with Crippen molar-refractivity contribution < 1.29 is 4.42 Å². The Morgan fingerprint density at radius 3 is 2.68 bits per heavy atom. The predicted molar refractivity (Wildman–Crippen MR) is 90.5 cm³/mol. The molecular formula is C18H22ClNO2. The van der Waals surface area contributed by atoms with Gasteiger partial charge in [-0.05, 0) is 61.8 Å². The van der Waals surface area contributed by atoms with E-state index >= 15 is 0 Å². The second-order valence-electron chi connectivity index (χ2n) is 6.53. The number of halogens is 1. The van der Waals surface area contributed by atoms with Gasteiger partial charge in [0.25, 0.3) is 0 Å². The zero-order chi connectivity index (χ0) is 15.7. The molecule has 0 spiro atoms. The third kappa shape index (κ3) is 3.36. The van der Waals surface area contributed by atoms with Crippen molar-refractivity contribution in [2.24, 2.45) is 5.92 Å². The van der Waals surface area contributed by atoms with E-state index < -0.39 is 0 Å². The van der Waals surface area contributed by atoms with Gasteiger partial charge in [-0.25, -0.2) is 4.79 Å². The molecule has 0 amide bonds. The minimum atomic E-state index is -0.303. The molecule has 0 unspecified atom stereocenters. The molecule has 0 saturated heterocycles. The van der Waals surface area contributed by atoms with Crippen LogP contribution in [0.3, 0.4) is 0 Å². The van der Waals surface area contributed by atoms with Crippen LogP contribution in [0.1, 0.15) is 43.7 Å². The Kier molecular flexibility index (Phi) is 4.55. The summed E-state index contributed by atoms with van der Waals surface area (Å²) in [6.45, 7) is 4.91. The number of aryl methyl sites for hydroxylation is 1. The highest BCUT2D eigenvalue weighted by Gasteiger charge is 2.18. The van der Waals surface area contributed by atoms with Crippen LogP contribution in [0.25, 0.3) is 11.0 Å². The highest BCUT2D eigenvalue weighted by Crippen LogP contribution is 2.26. The Labute approximate surface area is 135 Å². The van der Waals surface area contributed by atoms with Crippen LogP contribution in [0.5, 0.6) is 0 Å². The maximum absolute atomic E-state index is 11.8. The average molecular weight is 320 g/mol. The molecule has 0 bridgehead atoms. The molecule has 3 nitrogen and oxygen atoms in total. The summed E-state index contributed by atoms with van der Waals surface area (Å²) in [6, 6.07) is 5.85. The van der Waals surface area contributed by atoms with Gasteiger partial charge in [0.15, 0.2) is 0 Å². The summed E-state index contributed by atoms with van der Waals surface area (Å²) in [7, 11) is 0. The van der Waals surface area contributed by atoms with Gasteiger partial charge in [-0.1, -0.05) is 18.5 Å². The number of fused-ring (bicyclic) bond motifs is 1. The van der Waals surface area contributed by atoms with E-state index in [1.54, 1.807) is 6.07 Å². The highest BCUT2D eigenvalue weighted by molar-refractivity contribution is 6.32. The Balaban J connectivity index is 1.83. The molecule has 1 saturated carbocycles. The third-order valence-corrected chi connectivity index (χ3v) is 5.11. The fourth-order valence-electron chi connectivity index (χ4n) is 3.21. The van der Waals surface area contributed by atoms with Gasteiger partial charge in [0.1, 0.15) is 5.58 Å². The quantitative estimate of drug-likeness (QED) is 0.851. The largest absolute Gasteiger partial charge is 0.423 e. The lowest BCUT2D eigenvalue weighted by molar-refractivity contribution is 0.306. The van der Waals surface area contributed by atoms with Gasteiger partial charge in [-0.15, -0.1) is 0 Å². The molecule has 1 N–H and O–H groups in total. The van der Waals surface area contributed by atoms with Crippen LogP contribution < -0.4 is 10.9 Å². The SMILES string of the molecule is Cc1cc2oc(=O)cc(CNC3CCC(C)CC3)c2cc1Cl. The number of hydrogen-bond donors (Lipinski definition) is 1. The van der Waals surface area contributed by atoms with Crippen LogP contribution in [0.4, 0.5) is 0 Å². The van der Waals surface area contributed by atoms with Gasteiger partial charge in [-0.3, -0.25) is 0 Å². The van der Waals surface area contributed by atoms with Crippen molar-refractivity contribution in [2.75, 3.05) is 0 Å². The lowest BCUT2D eigenvalue weighted by Crippen LogP contribution is -2.32. The van der Waals surface area contributed by atoms with E-state index in [9.17, 15) is 4.79 Å². The van der Waals surface area contributed by atoms with Gasteiger partial charge >= 0.3 is 5.63 Å². The van der Waals surface area contributed by atoms with Crippen LogP contribution in [0.15, 0.2) is 27.4 Å². The normalized spacial score (nSPS) is 22.1. The molecule has 0 radical (unpaired) electrons. The standard InChI is InChI=1S/C18H22ClNO2/c1-11-3-5-14(6-4-11)20-10-13-8-18(21)22-17-7-12(2)16(19)9-15(13)17/h7-9,11,14,20H,3-6,10H2,1-2H3. The number of rotatable bonds is 3. The molecular weight excluding hydrogens is 298 g/mol. The van der Waals surface area contributed by atoms with E-state index in [4.69, 9.17) is 16.0 Å². The van der Waals surface area contributed by atoms with Crippen molar-refractivity contribution in [3.8, 4) is 0 Å². The molecule has 1 aromatic heterocycles. The summed E-state index contributed by atoms with van der Waals surface area (Å²) < 4.78 is 5.30. The van der Waals surface area contributed by atoms with Crippen LogP contribution in [-0.4, -0.2) is 6.04 Å². The molecule has 0 atom stereocenters. The first-order valence-electron chi connectivity index (χ1n) is 7.99. The predicted octanol–water partition coefficient (Wildman–Crippen LogP) is 4.42. The van der Waals surface area contributed by atoms with E-state index in [2.05, 4.69) is 12.2 Å². The van der Waals surface area contributed by atoms with Gasteiger partial charge < -0.3 is 9.73 Å². The Morgan fingerprint density at radius 1 is 1.23 bits per heavy atom. The fourth-order valence-corrected chi connectivity index (χ4v) is 3.38. The molecule has 1 aliphatic rings. The van der Waals surface area contributed by atoms with Crippen molar-refractivity contribution in [1.29, 1.82) is 0 Å². The molecule has 1 aromatic carbocycles. The molecule has 4 heteroatoms. The first kappa shape index (κ1) is 15.6. The molecule has 2 aromatic rings. The molecule has 0 aliphatic heterocycles. The summed E-state index contributed by atoms with van der Waals surface area (Å²) in [6.07, 6.45) is 4.97. The summed E-state index contributed by atoms with van der Waals surface area (Å²) in [5.74, 6) is 0.837. The number of hydrogen-bond acceptors (Lipinski definition) is 3. The van der Waals surface area contributed by atoms with Gasteiger partial charge in [0.05, 0.1) is 0 Å². The third-order valence-electron chi connectivity index (χ3n) is 4.71. The average Bonchev–Trinajstić information content (AvgIpc) is 2.48. The lowest BCUT2D eigenvalue weighted by Gasteiger charge is -2.27. The number of nitrogens with one attached hydrogen (secondary N) is 1. The summed E-state index contributed by atoms with van der Waals surface area (Å²) >= 11 is 6.22. The van der Waals surface area contributed by atoms with E-state index in [-0.39, 0.29) is 5.63 Å². The van der Waals surface area contributed by atoms with Crippen LogP contribution in [0, 0.1) is 12.8 Å². The minimum absolute atomic E-state index is 0.303. The minimum Gasteiger partial charge on any atom is -0.423 e. The molecule has 118 valence electrons. The molecule has 1 heterocycles. The smallest absolute Gasteiger partial charge is 0.336 e. The highest BCUT2D eigenvalue weighted by atomic mass is 35.5. The fraction of sp³-hybridized carbons (Fsp3) is 0.500. The van der Waals surface area contributed by atoms with Crippen molar-refractivity contribution >= 4 is 22.6 Å². The van der Waals surface area contributed by atoms with Crippen LogP contribution >= 0.6 is 11.6 Å². The van der Waals surface area contributed by atoms with Crippen LogP contribution in [-0.2, 0) is 6.54 Å². The monoisotopic (exact) mass is 319 g/mol. The topological polar surface area (TPSA) is 42.2 Å². The van der Waals surface area contributed by atoms with Crippen molar-refractivity contribution in [2.45, 2.75) is 52.1 Å². The van der Waals surface area contributed by atoms with Gasteiger partial charge in [-0.2, -0.15) is 0 Å². The Hall–Kier alpha value is -1.32. The summed E-state index contributed by atoms with van der Waals surface area (Å²) in [5, 5.41) is 5.21. The summed E-state index contributed by atoms with van der Waals surface area (Å²) in [4.78, 5) is 11.8. The van der Waals surface area contributed by atoms with Gasteiger partial charge in [0.2, 0.25) is 0 Å². The molecule has 3 rings (SSSR count). The molecule has 1 aliphatic carbocycles. The Bertz CT molecular complexity index is 730. The van der Waals surface area contributed by atoms with Gasteiger partial charge in [0, 0.05) is 29.1 Å². The second kappa shape index (κ2) is 6.43. The van der Waals surface area contributed by atoms with Crippen LogP contribution in [0.2, 0.25) is 5.02 Å². The van der Waals surface area contributed by atoms with Crippen molar-refractivity contribution in [3.05, 3.63) is 44.8 Å². The molecule has 1 fully saturated rings. The van der Waals surface area contributed by atoms with E-state index in [1.807, 2.05) is 19.1 Å². The summed E-state index contributed by atoms with van der Waals surface area (Å²) in [5.41, 5.74) is 2.20. The molecule has 22 heavy (non-hydrogen) atoms. The Morgan fingerprint density at radius 2 is 1.95 bits per heavy atom. The first-order chi connectivity index (χ1) is 10.5. The van der Waals surface area contributed by atoms with E-state index in [1.165, 1.54) is 25.7 Å². The maximum atomic E-state index is 11.8. The number of benzene rings is 1. The lowest BCUT2D eigenvalue weighted by atomic mass is 9.87. The van der Waals surface area contributed by atoms with E-state index in [0.717, 1.165) is 22.4 Å². The first-order valence-corrected chi connectivity index (χ1v) is 8.37. The van der Waals surface area contributed by atoms with Crippen molar-refractivity contribution in [1.82, 2.24) is 5.32 Å². The maximum Gasteiger partial charge on any atom is 0.336 e. The zero-order valence-electron chi connectivity index (χ0n) is 13.1. The second-order valence-corrected chi connectivity index (χ2v) is 6.93. The van der Waals surface area contributed by atoms with Crippen molar-refractivity contribution in [3.63, 3.8) is 0 Å².